The number of aliphatic hydroxyl groups is 1. The zero-order valence-corrected chi connectivity index (χ0v) is 11.1. The summed E-state index contributed by atoms with van der Waals surface area (Å²) < 4.78 is 2.12. The molecule has 18 heavy (non-hydrogen) atoms. The summed E-state index contributed by atoms with van der Waals surface area (Å²) in [4.78, 5) is 8.33. The minimum absolute atomic E-state index is 0.113. The van der Waals surface area contributed by atoms with Crippen LogP contribution in [0.3, 0.4) is 0 Å². The van der Waals surface area contributed by atoms with E-state index in [4.69, 9.17) is 11.6 Å². The molecule has 0 unspecified atom stereocenters. The number of aliphatic hydroxyl groups excluding tert-OH is 1. The van der Waals surface area contributed by atoms with Crippen molar-refractivity contribution in [1.82, 2.24) is 14.5 Å². The maximum atomic E-state index is 10.2. The second-order valence-corrected chi connectivity index (χ2v) is 5.33. The highest BCUT2D eigenvalue weighted by Crippen LogP contribution is 2.34. The van der Waals surface area contributed by atoms with E-state index in [1.54, 1.807) is 0 Å². The Morgan fingerprint density at radius 3 is 2.89 bits per heavy atom. The van der Waals surface area contributed by atoms with E-state index >= 15 is 0 Å². The Morgan fingerprint density at radius 1 is 1.33 bits per heavy atom. The molecule has 5 heteroatoms. The molecule has 2 aromatic heterocycles. The molecule has 0 spiro atoms. The van der Waals surface area contributed by atoms with Crippen molar-refractivity contribution in [2.45, 2.75) is 44.8 Å². The lowest BCUT2D eigenvalue weighted by Crippen LogP contribution is -2.28. The third kappa shape index (κ3) is 1.80. The summed E-state index contributed by atoms with van der Waals surface area (Å²) in [5.74, 6) is 0. The van der Waals surface area contributed by atoms with E-state index in [9.17, 15) is 5.11 Å². The molecule has 2 aromatic rings. The van der Waals surface area contributed by atoms with Crippen LogP contribution in [0.4, 0.5) is 0 Å². The van der Waals surface area contributed by atoms with E-state index in [1.165, 1.54) is 6.33 Å². The molecule has 0 radical (unpaired) electrons. The molecule has 1 fully saturated rings. The third-order valence-corrected chi connectivity index (χ3v) is 4.10. The average Bonchev–Trinajstić information content (AvgIpc) is 2.68. The van der Waals surface area contributed by atoms with Gasteiger partial charge in [0.1, 0.15) is 17.1 Å². The van der Waals surface area contributed by atoms with Crippen molar-refractivity contribution in [3.63, 3.8) is 0 Å². The number of rotatable bonds is 1. The summed E-state index contributed by atoms with van der Waals surface area (Å²) in [6.45, 7) is 2.03. The second kappa shape index (κ2) is 4.52. The molecule has 96 valence electrons. The maximum absolute atomic E-state index is 10.2. The highest BCUT2D eigenvalue weighted by atomic mass is 35.5. The summed E-state index contributed by atoms with van der Waals surface area (Å²) in [6, 6.07) is 2.11. The van der Waals surface area contributed by atoms with Crippen LogP contribution in [0, 0.1) is 6.92 Å². The van der Waals surface area contributed by atoms with Crippen molar-refractivity contribution < 1.29 is 5.11 Å². The van der Waals surface area contributed by atoms with Gasteiger partial charge >= 0.3 is 0 Å². The Kier molecular flexibility index (Phi) is 2.99. The summed E-state index contributed by atoms with van der Waals surface area (Å²) in [5, 5.41) is 11.5. The summed E-state index contributed by atoms with van der Waals surface area (Å²) in [5.41, 5.74) is 1.91. The van der Waals surface area contributed by atoms with Crippen LogP contribution >= 0.6 is 11.6 Å². The van der Waals surface area contributed by atoms with Gasteiger partial charge in [-0.25, -0.2) is 9.97 Å². The predicted octanol–water partition coefficient (Wildman–Crippen LogP) is 2.87. The summed E-state index contributed by atoms with van der Waals surface area (Å²) in [6.07, 6.45) is 5.30. The quantitative estimate of drug-likeness (QED) is 0.807. The van der Waals surface area contributed by atoms with Crippen molar-refractivity contribution in [2.24, 2.45) is 0 Å². The molecule has 1 aliphatic rings. The highest BCUT2D eigenvalue weighted by molar-refractivity contribution is 6.33. The van der Waals surface area contributed by atoms with Crippen LogP contribution in [0.2, 0.25) is 5.15 Å². The first-order chi connectivity index (χ1) is 8.68. The van der Waals surface area contributed by atoms with Crippen LogP contribution in [0.5, 0.6) is 0 Å². The van der Waals surface area contributed by atoms with Crippen LogP contribution in [0.25, 0.3) is 11.0 Å². The highest BCUT2D eigenvalue weighted by Gasteiger charge is 2.27. The Bertz CT molecular complexity index is 581. The fourth-order valence-corrected chi connectivity index (χ4v) is 3.12. The van der Waals surface area contributed by atoms with Crippen LogP contribution in [-0.4, -0.2) is 25.7 Å². The predicted molar refractivity (Wildman–Crippen MR) is 70.8 cm³/mol. The second-order valence-electron chi connectivity index (χ2n) is 4.98. The molecular weight excluding hydrogens is 250 g/mol. The van der Waals surface area contributed by atoms with Crippen LogP contribution in [-0.2, 0) is 0 Å². The summed E-state index contributed by atoms with van der Waals surface area (Å²) >= 11 is 6.09. The van der Waals surface area contributed by atoms with Gasteiger partial charge in [0, 0.05) is 5.69 Å². The van der Waals surface area contributed by atoms with Crippen molar-refractivity contribution in [3.8, 4) is 0 Å². The lowest BCUT2D eigenvalue weighted by molar-refractivity contribution is 0.0764. The van der Waals surface area contributed by atoms with Gasteiger partial charge in [0.25, 0.3) is 0 Å². The molecule has 0 amide bonds. The van der Waals surface area contributed by atoms with Gasteiger partial charge in [-0.2, -0.15) is 0 Å². The number of halogens is 1. The Hall–Kier alpha value is -1.13. The number of aromatic nitrogens is 3. The van der Waals surface area contributed by atoms with E-state index in [-0.39, 0.29) is 12.1 Å². The monoisotopic (exact) mass is 265 g/mol. The molecule has 3 rings (SSSR count). The van der Waals surface area contributed by atoms with Crippen molar-refractivity contribution in [2.75, 3.05) is 0 Å². The first-order valence-electron chi connectivity index (χ1n) is 6.34. The number of fused-ring (bicyclic) bond motifs is 1. The van der Waals surface area contributed by atoms with Crippen molar-refractivity contribution in [3.05, 3.63) is 23.2 Å². The molecule has 0 aliphatic heterocycles. The molecule has 4 nitrogen and oxygen atoms in total. The number of nitrogens with zero attached hydrogens (tertiary/aromatic N) is 3. The molecule has 1 N–H and O–H groups in total. The molecule has 0 bridgehead atoms. The number of hydrogen-bond donors (Lipinski definition) is 1. The Morgan fingerprint density at radius 2 is 2.11 bits per heavy atom. The van der Waals surface area contributed by atoms with E-state index in [1.807, 2.05) is 13.0 Å². The fraction of sp³-hybridized carbons (Fsp3) is 0.538. The normalized spacial score (nSPS) is 24.6. The van der Waals surface area contributed by atoms with E-state index in [0.717, 1.165) is 42.4 Å². The van der Waals surface area contributed by atoms with E-state index in [2.05, 4.69) is 14.5 Å². The van der Waals surface area contributed by atoms with Gasteiger partial charge < -0.3 is 9.67 Å². The topological polar surface area (TPSA) is 50.9 Å². The van der Waals surface area contributed by atoms with Gasteiger partial charge in [-0.05, 0) is 25.8 Å². The first-order valence-corrected chi connectivity index (χ1v) is 6.72. The molecule has 1 aliphatic carbocycles. The minimum atomic E-state index is -0.290. The standard InChI is InChI=1S/C13H16ClN3O/c1-8-6-9-12(14)15-7-16-13(9)17(8)10-4-2-3-5-11(10)18/h6-7,10-11,18H,2-5H2,1H3/t10-,11+/m0/s1. The maximum Gasteiger partial charge on any atom is 0.145 e. The lowest BCUT2D eigenvalue weighted by atomic mass is 9.92. The van der Waals surface area contributed by atoms with Crippen LogP contribution in [0.1, 0.15) is 37.4 Å². The van der Waals surface area contributed by atoms with Gasteiger partial charge in [0.05, 0.1) is 17.5 Å². The molecule has 2 atom stereocenters. The van der Waals surface area contributed by atoms with E-state index in [0.29, 0.717) is 5.15 Å². The molecule has 1 saturated carbocycles. The zero-order valence-electron chi connectivity index (χ0n) is 10.3. The number of aryl methyl sites for hydroxylation is 1. The van der Waals surface area contributed by atoms with Gasteiger partial charge in [-0.1, -0.05) is 24.4 Å². The van der Waals surface area contributed by atoms with Gasteiger partial charge in [0.15, 0.2) is 0 Å². The number of hydrogen-bond acceptors (Lipinski definition) is 3. The van der Waals surface area contributed by atoms with Crippen LogP contribution in [0.15, 0.2) is 12.4 Å². The fourth-order valence-electron chi connectivity index (χ4n) is 2.94. The minimum Gasteiger partial charge on any atom is -0.391 e. The smallest absolute Gasteiger partial charge is 0.145 e. The summed E-state index contributed by atoms with van der Waals surface area (Å²) in [7, 11) is 0. The first kappa shape index (κ1) is 11.9. The lowest BCUT2D eigenvalue weighted by Gasteiger charge is -2.30. The van der Waals surface area contributed by atoms with Gasteiger partial charge in [0.2, 0.25) is 0 Å². The Balaban J connectivity index is 2.16. The zero-order chi connectivity index (χ0) is 12.7. The van der Waals surface area contributed by atoms with E-state index < -0.39 is 0 Å². The van der Waals surface area contributed by atoms with Gasteiger partial charge in [-0.3, -0.25) is 0 Å². The molecule has 0 aromatic carbocycles. The third-order valence-electron chi connectivity index (χ3n) is 3.80. The van der Waals surface area contributed by atoms with Crippen LogP contribution < -0.4 is 0 Å². The molecular formula is C13H16ClN3O. The SMILES string of the molecule is Cc1cc2c(Cl)ncnc2n1[C@H]1CCCC[C@H]1O. The Labute approximate surface area is 111 Å². The largest absolute Gasteiger partial charge is 0.391 e. The molecule has 2 heterocycles. The van der Waals surface area contributed by atoms with Gasteiger partial charge in [-0.15, -0.1) is 0 Å². The van der Waals surface area contributed by atoms with Crippen molar-refractivity contribution >= 4 is 22.6 Å². The average molecular weight is 266 g/mol. The van der Waals surface area contributed by atoms with Crippen molar-refractivity contribution in [1.29, 1.82) is 0 Å². The molecule has 0 saturated heterocycles.